The average molecular weight is 615 g/mol. The molecule has 1 aromatic rings. The number of hydrogen-bond donors (Lipinski definition) is 3. The van der Waals surface area contributed by atoms with Gasteiger partial charge >= 0.3 is 0 Å². The molecule has 0 radical (unpaired) electrons. The summed E-state index contributed by atoms with van der Waals surface area (Å²) in [6.07, 6.45) is -2.92. The normalized spacial score (nSPS) is 19.6. The van der Waals surface area contributed by atoms with Crippen molar-refractivity contribution in [2.24, 2.45) is 11.8 Å². The summed E-state index contributed by atoms with van der Waals surface area (Å²) in [5, 5.41) is 34.1. The molecular formula is C32H62O7Si2. The van der Waals surface area contributed by atoms with Gasteiger partial charge in [-0.05, 0) is 67.8 Å². The van der Waals surface area contributed by atoms with Crippen molar-refractivity contribution >= 4 is 16.6 Å². The van der Waals surface area contributed by atoms with Gasteiger partial charge in [-0.25, -0.2) is 0 Å². The van der Waals surface area contributed by atoms with Crippen LogP contribution >= 0.6 is 0 Å². The third-order valence-corrected chi connectivity index (χ3v) is 18.5. The maximum absolute atomic E-state index is 12.5. The molecule has 0 aliphatic rings. The summed E-state index contributed by atoms with van der Waals surface area (Å²) in [5.74, 6) is -0.0750. The molecule has 0 aliphatic carbocycles. The lowest BCUT2D eigenvalue weighted by molar-refractivity contribution is -0.177. The molecule has 3 N–H and O–H groups in total. The van der Waals surface area contributed by atoms with Gasteiger partial charge < -0.3 is 33.6 Å². The Balaban J connectivity index is 3.45. The molecule has 0 spiro atoms. The van der Waals surface area contributed by atoms with Crippen LogP contribution in [0.5, 0.6) is 5.75 Å². The van der Waals surface area contributed by atoms with Crippen molar-refractivity contribution in [2.45, 2.75) is 142 Å². The molecule has 0 amide bonds. The van der Waals surface area contributed by atoms with Gasteiger partial charge in [-0.1, -0.05) is 67.5 Å². The Hall–Kier alpha value is -0.786. The molecule has 0 bridgehead atoms. The van der Waals surface area contributed by atoms with Gasteiger partial charge in [-0.15, -0.1) is 0 Å². The zero-order valence-electron chi connectivity index (χ0n) is 28.7. The van der Waals surface area contributed by atoms with Gasteiger partial charge in [-0.2, -0.15) is 0 Å². The van der Waals surface area contributed by atoms with Gasteiger partial charge in [0, 0.05) is 18.4 Å². The highest BCUT2D eigenvalue weighted by atomic mass is 28.4. The number of aliphatic hydroxyl groups excluding tert-OH is 2. The summed E-state index contributed by atoms with van der Waals surface area (Å²) in [4.78, 5) is 0. The highest BCUT2D eigenvalue weighted by molar-refractivity contribution is 6.74. The van der Waals surface area contributed by atoms with Crippen molar-refractivity contribution < 1.29 is 33.6 Å². The van der Waals surface area contributed by atoms with Crippen LogP contribution in [0.1, 0.15) is 74.8 Å². The summed E-state index contributed by atoms with van der Waals surface area (Å²) in [6.45, 7) is 29.2. The van der Waals surface area contributed by atoms with E-state index in [-0.39, 0.29) is 22.6 Å². The standard InChI is InChI=1S/C32H62O7Si2/c1-22(20-33)28(38-40(12,13)30(4,5)6)32(10,35)29(39-41(14,15)31(7,8)9)23(2)27(34)24(3)37-21-25-16-18-26(36-11)19-17-25/h16-19,22-24,27-29,33-35H,20-21H2,1-15H3/t22-,23-,24-,27-,28-,29+,32+/m0/s1. The van der Waals surface area contributed by atoms with Gasteiger partial charge in [0.25, 0.3) is 0 Å². The number of aliphatic hydroxyl groups is 3. The Morgan fingerprint density at radius 1 is 0.780 bits per heavy atom. The van der Waals surface area contributed by atoms with E-state index < -0.39 is 52.6 Å². The van der Waals surface area contributed by atoms with E-state index in [2.05, 4.69) is 67.7 Å². The lowest BCUT2D eigenvalue weighted by atomic mass is 9.78. The van der Waals surface area contributed by atoms with E-state index in [9.17, 15) is 15.3 Å². The quantitative estimate of drug-likeness (QED) is 0.188. The van der Waals surface area contributed by atoms with E-state index in [1.54, 1.807) is 14.0 Å². The fraction of sp³-hybridized carbons (Fsp3) is 0.812. The minimum atomic E-state index is -2.42. The second-order valence-electron chi connectivity index (χ2n) is 15.2. The van der Waals surface area contributed by atoms with E-state index >= 15 is 0 Å². The minimum Gasteiger partial charge on any atom is -0.497 e. The second kappa shape index (κ2) is 14.3. The molecule has 1 rings (SSSR count). The van der Waals surface area contributed by atoms with Gasteiger partial charge in [0.2, 0.25) is 0 Å². The van der Waals surface area contributed by atoms with Crippen LogP contribution in [0, 0.1) is 11.8 Å². The third kappa shape index (κ3) is 9.86. The van der Waals surface area contributed by atoms with Crippen molar-refractivity contribution in [1.29, 1.82) is 0 Å². The minimum absolute atomic E-state index is 0.0960. The van der Waals surface area contributed by atoms with Gasteiger partial charge in [-0.3, -0.25) is 0 Å². The first kappa shape index (κ1) is 38.2. The molecule has 0 fully saturated rings. The number of benzene rings is 1. The largest absolute Gasteiger partial charge is 0.497 e. The lowest BCUT2D eigenvalue weighted by Crippen LogP contribution is -2.64. The maximum Gasteiger partial charge on any atom is 0.192 e. The van der Waals surface area contributed by atoms with E-state index in [1.165, 1.54) is 0 Å². The third-order valence-electron chi connectivity index (χ3n) is 9.58. The first-order chi connectivity index (χ1) is 18.4. The van der Waals surface area contributed by atoms with Gasteiger partial charge in [0.15, 0.2) is 16.6 Å². The molecule has 0 heterocycles. The van der Waals surface area contributed by atoms with Crippen LogP contribution in [0.2, 0.25) is 36.3 Å². The predicted molar refractivity (Wildman–Crippen MR) is 173 cm³/mol. The average Bonchev–Trinajstić information content (AvgIpc) is 2.86. The number of rotatable bonds is 15. The number of ether oxygens (including phenoxy) is 2. The smallest absolute Gasteiger partial charge is 0.192 e. The highest BCUT2D eigenvalue weighted by Crippen LogP contribution is 2.44. The van der Waals surface area contributed by atoms with Crippen LogP contribution in [0.25, 0.3) is 0 Å². The fourth-order valence-corrected chi connectivity index (χ4v) is 7.37. The molecule has 0 saturated heterocycles. The molecule has 9 heteroatoms. The van der Waals surface area contributed by atoms with Crippen molar-refractivity contribution in [2.75, 3.05) is 13.7 Å². The maximum atomic E-state index is 12.5. The molecule has 0 saturated carbocycles. The fourth-order valence-electron chi connectivity index (χ4n) is 4.47. The first-order valence-corrected chi connectivity index (χ1v) is 20.9. The second-order valence-corrected chi connectivity index (χ2v) is 24.7. The predicted octanol–water partition coefficient (Wildman–Crippen LogP) is 6.76. The molecule has 240 valence electrons. The van der Waals surface area contributed by atoms with Crippen LogP contribution in [0.4, 0.5) is 0 Å². The molecule has 41 heavy (non-hydrogen) atoms. The zero-order chi connectivity index (χ0) is 32.2. The van der Waals surface area contributed by atoms with Crippen molar-refractivity contribution in [1.82, 2.24) is 0 Å². The Kier molecular flexibility index (Phi) is 13.4. The van der Waals surface area contributed by atoms with Crippen molar-refractivity contribution in [3.05, 3.63) is 29.8 Å². The molecular weight excluding hydrogens is 553 g/mol. The van der Waals surface area contributed by atoms with Crippen LogP contribution in [-0.4, -0.2) is 75.7 Å². The van der Waals surface area contributed by atoms with Crippen molar-refractivity contribution in [3.63, 3.8) is 0 Å². The summed E-state index contributed by atoms with van der Waals surface area (Å²) in [7, 11) is -3.14. The molecule has 1 aromatic carbocycles. The number of hydrogen-bond acceptors (Lipinski definition) is 7. The summed E-state index contributed by atoms with van der Waals surface area (Å²) in [6, 6.07) is 7.64. The number of methoxy groups -OCH3 is 1. The van der Waals surface area contributed by atoms with E-state index in [1.807, 2.05) is 45.0 Å². The molecule has 7 atom stereocenters. The SMILES string of the molecule is COc1ccc(CO[C@@H](C)[C@@H](O)[C@H](C)[C@@H](O[Si](C)(C)C(C)(C)C)[C@](C)(O)[C@@H](O[Si](C)(C)C(C)(C)C)[C@@H](C)CO)cc1. The van der Waals surface area contributed by atoms with Crippen LogP contribution in [0.3, 0.4) is 0 Å². The highest BCUT2D eigenvalue weighted by Gasteiger charge is 2.54. The van der Waals surface area contributed by atoms with Crippen LogP contribution in [0.15, 0.2) is 24.3 Å². The van der Waals surface area contributed by atoms with Crippen LogP contribution in [-0.2, 0) is 20.2 Å². The van der Waals surface area contributed by atoms with E-state index in [0.717, 1.165) is 11.3 Å². The molecule has 0 aliphatic heterocycles. The molecule has 0 unspecified atom stereocenters. The van der Waals surface area contributed by atoms with Gasteiger partial charge in [0.1, 0.15) is 11.4 Å². The molecule has 0 aromatic heterocycles. The summed E-state index contributed by atoms with van der Waals surface area (Å²) in [5.41, 5.74) is -0.540. The zero-order valence-corrected chi connectivity index (χ0v) is 30.7. The monoisotopic (exact) mass is 614 g/mol. The topological polar surface area (TPSA) is 97.6 Å². The Labute approximate surface area is 253 Å². The Morgan fingerprint density at radius 3 is 1.61 bits per heavy atom. The Morgan fingerprint density at radius 2 is 1.22 bits per heavy atom. The lowest BCUT2D eigenvalue weighted by Gasteiger charge is -2.52. The first-order valence-electron chi connectivity index (χ1n) is 15.0. The van der Waals surface area contributed by atoms with Crippen LogP contribution < -0.4 is 4.74 Å². The summed E-state index contributed by atoms with van der Waals surface area (Å²) >= 11 is 0. The van der Waals surface area contributed by atoms with E-state index in [0.29, 0.717) is 6.61 Å². The molecule has 7 nitrogen and oxygen atoms in total. The van der Waals surface area contributed by atoms with E-state index in [4.69, 9.17) is 18.3 Å². The Bertz CT molecular complexity index is 919. The summed E-state index contributed by atoms with van der Waals surface area (Å²) < 4.78 is 25.2. The van der Waals surface area contributed by atoms with Gasteiger partial charge in [0.05, 0.1) is 38.1 Å². The van der Waals surface area contributed by atoms with Crippen molar-refractivity contribution in [3.8, 4) is 5.75 Å².